The minimum Gasteiger partial charge on any atom is -0.330 e. The summed E-state index contributed by atoms with van der Waals surface area (Å²) in [7, 11) is 0. The lowest BCUT2D eigenvalue weighted by Crippen LogP contribution is -2.17. The van der Waals surface area contributed by atoms with Crippen molar-refractivity contribution in [3.63, 3.8) is 0 Å². The van der Waals surface area contributed by atoms with Crippen LogP contribution in [0.2, 0.25) is 0 Å². The fraction of sp³-hybridized carbons (Fsp3) is 0.571. The lowest BCUT2D eigenvalue weighted by molar-refractivity contribution is 0.675. The molecule has 11 heavy (non-hydrogen) atoms. The maximum Gasteiger partial charge on any atom is 0.0299 e. The van der Waals surface area contributed by atoms with Gasteiger partial charge >= 0.3 is 0 Å². The van der Waals surface area contributed by atoms with E-state index in [1.807, 2.05) is 0 Å². The summed E-state index contributed by atoms with van der Waals surface area (Å²) in [5.74, 6) is 0. The Kier molecular flexibility index (Phi) is 19.8. The van der Waals surface area contributed by atoms with Crippen molar-refractivity contribution in [2.45, 2.75) is 18.9 Å². The van der Waals surface area contributed by atoms with Crippen LogP contribution in [-0.4, -0.2) is 12.6 Å². The number of hydrogen-bond acceptors (Lipinski definition) is 2. The molecule has 4 heteroatoms. The van der Waals surface area contributed by atoms with Gasteiger partial charge in [0.25, 0.3) is 0 Å². The number of halogens is 2. The Labute approximate surface area is 80.5 Å². The first-order chi connectivity index (χ1) is 4.31. The van der Waals surface area contributed by atoms with Crippen LogP contribution in [0.1, 0.15) is 12.8 Å². The van der Waals surface area contributed by atoms with Gasteiger partial charge in [0.2, 0.25) is 0 Å². The van der Waals surface area contributed by atoms with Crippen LogP contribution in [0.5, 0.6) is 0 Å². The third-order valence-corrected chi connectivity index (χ3v) is 1.07. The molecule has 0 amide bonds. The van der Waals surface area contributed by atoms with Crippen molar-refractivity contribution in [3.05, 3.63) is 18.4 Å². The van der Waals surface area contributed by atoms with E-state index in [1.165, 1.54) is 0 Å². The SMILES string of the molecule is C=C=CC(N)CCCN.Cl.Cl. The zero-order valence-electron chi connectivity index (χ0n) is 6.45. The van der Waals surface area contributed by atoms with Crippen molar-refractivity contribution in [3.8, 4) is 0 Å². The van der Waals surface area contributed by atoms with Crippen LogP contribution in [0.4, 0.5) is 0 Å². The molecule has 0 bridgehead atoms. The maximum absolute atomic E-state index is 5.56. The van der Waals surface area contributed by atoms with Gasteiger partial charge in [0.15, 0.2) is 0 Å². The first kappa shape index (κ1) is 17.2. The summed E-state index contributed by atoms with van der Waals surface area (Å²) in [6.07, 6.45) is 3.66. The molecule has 0 spiro atoms. The number of rotatable bonds is 4. The van der Waals surface area contributed by atoms with Crippen molar-refractivity contribution in [2.75, 3.05) is 6.54 Å². The minimum absolute atomic E-state index is 0. The average Bonchev–Trinajstić information content (AvgIpc) is 1.85. The monoisotopic (exact) mass is 198 g/mol. The highest BCUT2D eigenvalue weighted by Crippen LogP contribution is 1.91. The van der Waals surface area contributed by atoms with Crippen molar-refractivity contribution >= 4 is 24.8 Å². The predicted octanol–water partition coefficient (Wildman–Crippen LogP) is 1.24. The fourth-order valence-electron chi connectivity index (χ4n) is 0.588. The Morgan fingerprint density at radius 2 is 2.00 bits per heavy atom. The van der Waals surface area contributed by atoms with Crippen molar-refractivity contribution in [1.29, 1.82) is 0 Å². The third-order valence-electron chi connectivity index (χ3n) is 1.07. The molecule has 0 saturated heterocycles. The van der Waals surface area contributed by atoms with E-state index in [1.54, 1.807) is 6.08 Å². The summed E-state index contributed by atoms with van der Waals surface area (Å²) in [5.41, 5.74) is 13.5. The molecule has 0 aromatic carbocycles. The van der Waals surface area contributed by atoms with Crippen LogP contribution in [0.15, 0.2) is 18.4 Å². The molecule has 68 valence electrons. The Balaban J connectivity index is -0.000000320. The first-order valence-corrected chi connectivity index (χ1v) is 3.13. The quantitative estimate of drug-likeness (QED) is 0.669. The molecule has 0 aromatic rings. The fourth-order valence-corrected chi connectivity index (χ4v) is 0.588. The molecule has 2 nitrogen and oxygen atoms in total. The molecule has 0 aliphatic carbocycles. The van der Waals surface area contributed by atoms with Crippen molar-refractivity contribution in [1.82, 2.24) is 0 Å². The predicted molar refractivity (Wildman–Crippen MR) is 54.5 cm³/mol. The average molecular weight is 199 g/mol. The van der Waals surface area contributed by atoms with E-state index in [-0.39, 0.29) is 30.9 Å². The molecule has 0 fully saturated rings. The second kappa shape index (κ2) is 12.7. The summed E-state index contributed by atoms with van der Waals surface area (Å²) < 4.78 is 0. The summed E-state index contributed by atoms with van der Waals surface area (Å²) in [4.78, 5) is 0. The van der Waals surface area contributed by atoms with Gasteiger partial charge in [-0.2, -0.15) is 0 Å². The van der Waals surface area contributed by atoms with Gasteiger partial charge in [-0.15, -0.1) is 30.5 Å². The van der Waals surface area contributed by atoms with E-state index in [4.69, 9.17) is 11.5 Å². The highest BCUT2D eigenvalue weighted by atomic mass is 35.5. The highest BCUT2D eigenvalue weighted by Gasteiger charge is 1.93. The van der Waals surface area contributed by atoms with Gasteiger partial charge in [-0.3, -0.25) is 0 Å². The Morgan fingerprint density at radius 1 is 1.45 bits per heavy atom. The molecule has 0 aromatic heterocycles. The van der Waals surface area contributed by atoms with E-state index in [0.717, 1.165) is 12.8 Å². The van der Waals surface area contributed by atoms with Crippen LogP contribution < -0.4 is 11.5 Å². The van der Waals surface area contributed by atoms with Crippen LogP contribution in [0, 0.1) is 0 Å². The van der Waals surface area contributed by atoms with Crippen LogP contribution >= 0.6 is 24.8 Å². The van der Waals surface area contributed by atoms with E-state index < -0.39 is 0 Å². The molecule has 0 saturated carbocycles. The van der Waals surface area contributed by atoms with Gasteiger partial charge in [-0.05, 0) is 25.5 Å². The zero-order valence-corrected chi connectivity index (χ0v) is 8.09. The van der Waals surface area contributed by atoms with E-state index in [0.29, 0.717) is 6.54 Å². The summed E-state index contributed by atoms with van der Waals surface area (Å²) >= 11 is 0. The third kappa shape index (κ3) is 13.1. The molecule has 0 aliphatic heterocycles. The zero-order chi connectivity index (χ0) is 7.11. The second-order valence-electron chi connectivity index (χ2n) is 1.97. The van der Waals surface area contributed by atoms with Gasteiger partial charge in [-0.1, -0.05) is 6.58 Å². The van der Waals surface area contributed by atoms with E-state index >= 15 is 0 Å². The molecule has 4 N–H and O–H groups in total. The van der Waals surface area contributed by atoms with Crippen LogP contribution in [0.3, 0.4) is 0 Å². The minimum atomic E-state index is 0. The van der Waals surface area contributed by atoms with Gasteiger partial charge in [-0.25, -0.2) is 0 Å². The van der Waals surface area contributed by atoms with E-state index in [2.05, 4.69) is 12.3 Å². The normalized spacial score (nSPS) is 10.0. The Morgan fingerprint density at radius 3 is 2.36 bits per heavy atom. The molecule has 0 aliphatic rings. The molecule has 0 heterocycles. The van der Waals surface area contributed by atoms with Crippen LogP contribution in [0.25, 0.3) is 0 Å². The maximum atomic E-state index is 5.56. The van der Waals surface area contributed by atoms with Crippen molar-refractivity contribution < 1.29 is 0 Å². The second-order valence-corrected chi connectivity index (χ2v) is 1.97. The molecule has 1 unspecified atom stereocenters. The van der Waals surface area contributed by atoms with Crippen LogP contribution in [-0.2, 0) is 0 Å². The summed E-state index contributed by atoms with van der Waals surface area (Å²) in [5, 5.41) is 0. The molecule has 1 atom stereocenters. The number of nitrogens with two attached hydrogens (primary N) is 2. The van der Waals surface area contributed by atoms with E-state index in [9.17, 15) is 0 Å². The molecule has 0 rings (SSSR count). The largest absolute Gasteiger partial charge is 0.330 e. The standard InChI is InChI=1S/C7H14N2.2ClH/c1-2-4-7(9)5-3-6-8;;/h4,7H,1,3,5-6,8-9H2;2*1H. The number of hydrogen-bond donors (Lipinski definition) is 2. The van der Waals surface area contributed by atoms with Crippen molar-refractivity contribution in [2.24, 2.45) is 11.5 Å². The highest BCUT2D eigenvalue weighted by molar-refractivity contribution is 5.85. The van der Waals surface area contributed by atoms with Gasteiger partial charge in [0.1, 0.15) is 0 Å². The Hall–Kier alpha value is 0.0200. The summed E-state index contributed by atoms with van der Waals surface area (Å²) in [6, 6.07) is 0.0889. The topological polar surface area (TPSA) is 52.0 Å². The smallest absolute Gasteiger partial charge is 0.0299 e. The lowest BCUT2D eigenvalue weighted by atomic mass is 10.2. The molecular weight excluding hydrogens is 183 g/mol. The Bertz CT molecular complexity index is 111. The molecule has 0 radical (unpaired) electrons. The molecular formula is C7H16Cl2N2. The summed E-state index contributed by atoms with van der Waals surface area (Å²) in [6.45, 7) is 4.12. The van der Waals surface area contributed by atoms with Gasteiger partial charge in [0.05, 0.1) is 0 Å². The van der Waals surface area contributed by atoms with Gasteiger partial charge < -0.3 is 11.5 Å². The first-order valence-electron chi connectivity index (χ1n) is 3.13. The lowest BCUT2D eigenvalue weighted by Gasteiger charge is -2.01. The van der Waals surface area contributed by atoms with Gasteiger partial charge in [0, 0.05) is 6.04 Å².